The van der Waals surface area contributed by atoms with Gasteiger partial charge >= 0.3 is 22.6 Å². The maximum atomic E-state index is 12.6. The molecule has 1 aromatic carbocycles. The lowest BCUT2D eigenvalue weighted by molar-refractivity contribution is -0.137. The van der Waals surface area contributed by atoms with Gasteiger partial charge in [-0.25, -0.2) is 4.79 Å². The Morgan fingerprint density at radius 1 is 1.40 bits per heavy atom. The van der Waals surface area contributed by atoms with E-state index in [9.17, 15) is 26.4 Å². The molecule has 1 aliphatic rings. The molecule has 1 amide bonds. The molecule has 0 aliphatic carbocycles. The van der Waals surface area contributed by atoms with Crippen LogP contribution in [-0.4, -0.2) is 30.5 Å². The first-order valence-corrected chi connectivity index (χ1v) is 6.58. The quantitative estimate of drug-likeness (QED) is 0.857. The fraction of sp³-hybridized carbons (Fsp3) is 0.300. The molecular weight excluding hydrogens is 303 g/mol. The highest BCUT2D eigenvalue weighted by molar-refractivity contribution is 7.85. The van der Waals surface area contributed by atoms with Gasteiger partial charge in [0.05, 0.1) is 12.2 Å². The molecular formula is C10H8F3NO5S. The molecule has 6 nitrogen and oxygen atoms in total. The Labute approximate surface area is 111 Å². The predicted molar refractivity (Wildman–Crippen MR) is 58.9 cm³/mol. The number of benzene rings is 1. The lowest BCUT2D eigenvalue weighted by Gasteiger charge is -2.18. The largest absolute Gasteiger partial charge is 0.464 e. The summed E-state index contributed by atoms with van der Waals surface area (Å²) in [6.45, 7) is -0.560. The average molecular weight is 311 g/mol. The number of carboxylic acid groups (broad SMARTS) is 1. The van der Waals surface area contributed by atoms with Gasteiger partial charge in [-0.2, -0.15) is 25.9 Å². The highest BCUT2D eigenvalue weighted by atomic mass is 32.2. The molecule has 1 aliphatic heterocycles. The fourth-order valence-corrected chi connectivity index (χ4v) is 2.91. The van der Waals surface area contributed by atoms with E-state index < -0.39 is 40.8 Å². The molecule has 0 spiro atoms. The number of nitrogens with zero attached hydrogens (tertiary/aromatic N) is 1. The van der Waals surface area contributed by atoms with Crippen molar-refractivity contribution in [3.05, 3.63) is 35.4 Å². The molecule has 1 atom stereocenters. The Kier molecular flexibility index (Phi) is 3.38. The van der Waals surface area contributed by atoms with Crippen molar-refractivity contribution in [2.75, 3.05) is 6.61 Å². The van der Waals surface area contributed by atoms with Crippen LogP contribution in [0.3, 0.4) is 0 Å². The van der Waals surface area contributed by atoms with Gasteiger partial charge in [0.2, 0.25) is 0 Å². The summed E-state index contributed by atoms with van der Waals surface area (Å²) in [5, 5.41) is 8.85. The van der Waals surface area contributed by atoms with E-state index in [2.05, 4.69) is 4.18 Å². The maximum Gasteiger partial charge on any atom is 0.423 e. The van der Waals surface area contributed by atoms with Gasteiger partial charge in [-0.1, -0.05) is 12.1 Å². The number of amides is 1. The van der Waals surface area contributed by atoms with Crippen LogP contribution in [0.2, 0.25) is 0 Å². The van der Waals surface area contributed by atoms with Gasteiger partial charge in [-0.05, 0) is 17.7 Å². The van der Waals surface area contributed by atoms with E-state index in [0.717, 1.165) is 12.1 Å². The van der Waals surface area contributed by atoms with Crippen molar-refractivity contribution in [1.29, 1.82) is 0 Å². The number of halogens is 3. The van der Waals surface area contributed by atoms with E-state index in [1.54, 1.807) is 0 Å². The number of hydrogen-bond donors (Lipinski definition) is 1. The number of rotatable bonds is 1. The monoisotopic (exact) mass is 311 g/mol. The summed E-state index contributed by atoms with van der Waals surface area (Å²) >= 11 is 0. The van der Waals surface area contributed by atoms with Crippen LogP contribution in [-0.2, 0) is 20.7 Å². The molecule has 2 rings (SSSR count). The Morgan fingerprint density at radius 2 is 2.05 bits per heavy atom. The molecule has 1 N–H and O–H groups in total. The van der Waals surface area contributed by atoms with Crippen molar-refractivity contribution in [3.8, 4) is 0 Å². The third-order valence-corrected chi connectivity index (χ3v) is 4.01. The molecule has 1 heterocycles. The summed E-state index contributed by atoms with van der Waals surface area (Å²) in [4.78, 5) is 10.9. The fourth-order valence-electron chi connectivity index (χ4n) is 1.81. The third kappa shape index (κ3) is 2.56. The summed E-state index contributed by atoms with van der Waals surface area (Å²) in [5.41, 5.74) is -1.10. The third-order valence-electron chi connectivity index (χ3n) is 2.69. The number of carbonyl (C=O) groups is 1. The van der Waals surface area contributed by atoms with Gasteiger partial charge in [0.15, 0.2) is 0 Å². The minimum absolute atomic E-state index is 0.00247. The molecule has 1 unspecified atom stereocenters. The van der Waals surface area contributed by atoms with Crippen molar-refractivity contribution in [1.82, 2.24) is 4.31 Å². The van der Waals surface area contributed by atoms with Crippen molar-refractivity contribution < 1.29 is 35.7 Å². The van der Waals surface area contributed by atoms with Crippen LogP contribution in [0.4, 0.5) is 18.0 Å². The first kappa shape index (κ1) is 14.6. The van der Waals surface area contributed by atoms with E-state index >= 15 is 0 Å². The Balaban J connectivity index is 2.44. The number of hydrogen-bond acceptors (Lipinski definition) is 4. The normalized spacial score (nSPS) is 21.9. The average Bonchev–Trinajstić information content (AvgIpc) is 2.64. The Morgan fingerprint density at radius 3 is 2.60 bits per heavy atom. The van der Waals surface area contributed by atoms with E-state index in [0.29, 0.717) is 6.07 Å². The predicted octanol–water partition coefficient (Wildman–Crippen LogP) is 2.00. The minimum atomic E-state index is -4.61. The molecule has 0 saturated carbocycles. The van der Waals surface area contributed by atoms with Crippen molar-refractivity contribution >= 4 is 16.4 Å². The van der Waals surface area contributed by atoms with Crippen LogP contribution < -0.4 is 0 Å². The van der Waals surface area contributed by atoms with Crippen LogP contribution in [0.15, 0.2) is 24.3 Å². The van der Waals surface area contributed by atoms with Crippen LogP contribution in [0, 0.1) is 0 Å². The van der Waals surface area contributed by atoms with E-state index in [4.69, 9.17) is 5.11 Å². The van der Waals surface area contributed by atoms with Gasteiger partial charge in [0.25, 0.3) is 0 Å². The van der Waals surface area contributed by atoms with Crippen LogP contribution in [0.25, 0.3) is 0 Å². The highest BCUT2D eigenvalue weighted by Crippen LogP contribution is 2.35. The molecule has 20 heavy (non-hydrogen) atoms. The minimum Gasteiger partial charge on any atom is -0.464 e. The summed E-state index contributed by atoms with van der Waals surface area (Å²) < 4.78 is 64.8. The van der Waals surface area contributed by atoms with Crippen molar-refractivity contribution in [3.63, 3.8) is 0 Å². The summed E-state index contributed by atoms with van der Waals surface area (Å²) in [5.74, 6) is 0. The SMILES string of the molecule is O=C(O)N1C(c2cccc(C(F)(F)F)c2)COS1(=O)=O. The van der Waals surface area contributed by atoms with Crippen LogP contribution >= 0.6 is 0 Å². The zero-order valence-electron chi connectivity index (χ0n) is 9.66. The standard InChI is InChI=1S/C10H8F3NO5S/c11-10(12,13)7-3-1-2-6(4-7)8-5-19-20(17,18)14(8)9(15)16/h1-4,8H,5H2,(H,15,16). The zero-order valence-corrected chi connectivity index (χ0v) is 10.5. The van der Waals surface area contributed by atoms with E-state index in [1.165, 1.54) is 6.07 Å². The summed E-state index contributed by atoms with van der Waals surface area (Å²) in [6.07, 6.45) is -6.42. The first-order chi connectivity index (χ1) is 9.13. The second-order valence-corrected chi connectivity index (χ2v) is 5.44. The topological polar surface area (TPSA) is 83.9 Å². The van der Waals surface area contributed by atoms with E-state index in [-0.39, 0.29) is 9.87 Å². The lowest BCUT2D eigenvalue weighted by atomic mass is 10.0. The van der Waals surface area contributed by atoms with Gasteiger partial charge in [0.1, 0.15) is 6.04 Å². The number of alkyl halides is 3. The molecule has 0 aromatic heterocycles. The van der Waals surface area contributed by atoms with Gasteiger partial charge in [0, 0.05) is 0 Å². The smallest absolute Gasteiger partial charge is 0.423 e. The summed E-state index contributed by atoms with van der Waals surface area (Å²) in [7, 11) is -4.48. The van der Waals surface area contributed by atoms with Gasteiger partial charge in [-0.15, -0.1) is 0 Å². The molecule has 0 bridgehead atoms. The van der Waals surface area contributed by atoms with Crippen molar-refractivity contribution in [2.24, 2.45) is 0 Å². The van der Waals surface area contributed by atoms with Crippen LogP contribution in [0.5, 0.6) is 0 Å². The molecule has 110 valence electrons. The van der Waals surface area contributed by atoms with Gasteiger partial charge < -0.3 is 5.11 Å². The first-order valence-electron chi connectivity index (χ1n) is 5.22. The molecule has 10 heteroatoms. The lowest BCUT2D eigenvalue weighted by Crippen LogP contribution is -2.33. The molecule has 1 aromatic rings. The molecule has 1 fully saturated rings. The second kappa shape index (κ2) is 4.63. The maximum absolute atomic E-state index is 12.6. The zero-order chi connectivity index (χ0) is 15.1. The second-order valence-electron chi connectivity index (χ2n) is 3.96. The molecule has 0 radical (unpaired) electrons. The summed E-state index contributed by atoms with van der Waals surface area (Å²) in [6, 6.07) is 2.45. The highest BCUT2D eigenvalue weighted by Gasteiger charge is 2.44. The van der Waals surface area contributed by atoms with E-state index in [1.807, 2.05) is 0 Å². The van der Waals surface area contributed by atoms with Gasteiger partial charge in [-0.3, -0.25) is 4.18 Å². The Hall–Kier alpha value is -1.81. The Bertz CT molecular complexity index is 643. The van der Waals surface area contributed by atoms with Crippen molar-refractivity contribution in [2.45, 2.75) is 12.2 Å². The van der Waals surface area contributed by atoms with Crippen LogP contribution in [0.1, 0.15) is 17.2 Å². The molecule has 1 saturated heterocycles.